The first kappa shape index (κ1) is 15.1. The molecule has 1 heterocycles. The Kier molecular flexibility index (Phi) is 4.14. The van der Waals surface area contributed by atoms with Crippen LogP contribution in [0.25, 0.3) is 0 Å². The largest absolute Gasteiger partial charge is 0.416 e. The fraction of sp³-hybridized carbons (Fsp3) is 0.538. The first-order valence-corrected chi connectivity index (χ1v) is 8.01. The highest BCUT2D eigenvalue weighted by molar-refractivity contribution is 8.77. The van der Waals surface area contributed by atoms with Crippen molar-refractivity contribution in [2.24, 2.45) is 0 Å². The Labute approximate surface area is 118 Å². The number of ether oxygens (including phenoxy) is 1. The van der Waals surface area contributed by atoms with Crippen molar-refractivity contribution in [2.75, 3.05) is 7.11 Å². The second kappa shape index (κ2) is 5.22. The molecule has 0 amide bonds. The molecule has 19 heavy (non-hydrogen) atoms. The third kappa shape index (κ3) is 3.06. The van der Waals surface area contributed by atoms with Crippen molar-refractivity contribution in [2.45, 2.75) is 36.1 Å². The van der Waals surface area contributed by atoms with Crippen molar-refractivity contribution in [1.82, 2.24) is 0 Å². The molecule has 0 saturated carbocycles. The van der Waals surface area contributed by atoms with Gasteiger partial charge in [0.2, 0.25) is 0 Å². The van der Waals surface area contributed by atoms with Gasteiger partial charge in [-0.15, -0.1) is 0 Å². The van der Waals surface area contributed by atoms with Gasteiger partial charge < -0.3 is 4.74 Å². The van der Waals surface area contributed by atoms with E-state index in [4.69, 9.17) is 4.74 Å². The van der Waals surface area contributed by atoms with E-state index >= 15 is 0 Å². The molecule has 0 bridgehead atoms. The van der Waals surface area contributed by atoms with Crippen LogP contribution in [0.2, 0.25) is 0 Å². The number of hydrogen-bond acceptors (Lipinski definition) is 3. The molecular weight excluding hydrogens is 293 g/mol. The van der Waals surface area contributed by atoms with Gasteiger partial charge in [0.05, 0.1) is 16.9 Å². The molecule has 6 heteroatoms. The highest BCUT2D eigenvalue weighted by Crippen LogP contribution is 2.59. The number of rotatable bonds is 2. The number of methoxy groups -OCH3 is 1. The zero-order chi connectivity index (χ0) is 14.3. The standard InChI is InChI=1S/C13H15F3OS2/c1-12(2)11(17-3)10(18-19-12)8-4-6-9(7-5-8)13(14,15)16/h4-7,10-11H,1-3H3. The van der Waals surface area contributed by atoms with Gasteiger partial charge in [-0.1, -0.05) is 33.7 Å². The van der Waals surface area contributed by atoms with Crippen LogP contribution in [0.4, 0.5) is 13.2 Å². The second-order valence-electron chi connectivity index (χ2n) is 4.98. The fourth-order valence-corrected chi connectivity index (χ4v) is 5.70. The maximum atomic E-state index is 12.5. The molecule has 106 valence electrons. The van der Waals surface area contributed by atoms with Crippen LogP contribution >= 0.6 is 21.6 Å². The Morgan fingerprint density at radius 1 is 1.16 bits per heavy atom. The zero-order valence-electron chi connectivity index (χ0n) is 10.8. The molecular formula is C13H15F3OS2. The summed E-state index contributed by atoms with van der Waals surface area (Å²) in [4.78, 5) is 0. The number of hydrogen-bond donors (Lipinski definition) is 0. The van der Waals surface area contributed by atoms with E-state index in [0.717, 1.165) is 17.7 Å². The van der Waals surface area contributed by atoms with Crippen molar-refractivity contribution in [3.05, 3.63) is 35.4 Å². The van der Waals surface area contributed by atoms with E-state index in [1.54, 1.807) is 40.8 Å². The molecule has 2 rings (SSSR count). The number of alkyl halides is 3. The maximum absolute atomic E-state index is 12.5. The van der Waals surface area contributed by atoms with E-state index in [1.165, 1.54) is 0 Å². The lowest BCUT2D eigenvalue weighted by Crippen LogP contribution is -2.33. The Bertz CT molecular complexity index is 442. The minimum Gasteiger partial charge on any atom is -0.378 e. The van der Waals surface area contributed by atoms with E-state index in [1.807, 2.05) is 0 Å². The molecule has 1 saturated heterocycles. The topological polar surface area (TPSA) is 9.23 Å². The summed E-state index contributed by atoms with van der Waals surface area (Å²) in [5.41, 5.74) is 0.267. The molecule has 0 N–H and O–H groups in total. The second-order valence-corrected chi connectivity index (χ2v) is 7.98. The summed E-state index contributed by atoms with van der Waals surface area (Å²) >= 11 is 0. The predicted octanol–water partition coefficient (Wildman–Crippen LogP) is 4.94. The summed E-state index contributed by atoms with van der Waals surface area (Å²) in [5, 5.41) is 0.0623. The van der Waals surface area contributed by atoms with Crippen LogP contribution in [0.3, 0.4) is 0 Å². The lowest BCUT2D eigenvalue weighted by Gasteiger charge is -2.27. The average Bonchev–Trinajstić information content (AvgIpc) is 2.63. The van der Waals surface area contributed by atoms with Crippen molar-refractivity contribution in [3.63, 3.8) is 0 Å². The van der Waals surface area contributed by atoms with Gasteiger partial charge in [-0.2, -0.15) is 13.2 Å². The van der Waals surface area contributed by atoms with Crippen LogP contribution in [0.15, 0.2) is 24.3 Å². The van der Waals surface area contributed by atoms with Crippen LogP contribution in [0.1, 0.15) is 30.2 Å². The zero-order valence-corrected chi connectivity index (χ0v) is 12.5. The van der Waals surface area contributed by atoms with Gasteiger partial charge in [0, 0.05) is 11.9 Å². The van der Waals surface area contributed by atoms with Crippen LogP contribution < -0.4 is 0 Å². The van der Waals surface area contributed by atoms with Gasteiger partial charge in [0.25, 0.3) is 0 Å². The Balaban J connectivity index is 2.24. The molecule has 2 atom stereocenters. The lowest BCUT2D eigenvalue weighted by molar-refractivity contribution is -0.137. The van der Waals surface area contributed by atoms with E-state index in [0.29, 0.717) is 0 Å². The first-order chi connectivity index (χ1) is 8.75. The summed E-state index contributed by atoms with van der Waals surface area (Å²) in [5.74, 6) is 0. The van der Waals surface area contributed by atoms with Gasteiger partial charge in [-0.05, 0) is 31.5 Å². The minimum atomic E-state index is -4.28. The fourth-order valence-electron chi connectivity index (χ4n) is 2.14. The molecule has 1 fully saturated rings. The predicted molar refractivity (Wildman–Crippen MR) is 74.2 cm³/mol. The highest BCUT2D eigenvalue weighted by atomic mass is 33.1. The highest BCUT2D eigenvalue weighted by Gasteiger charge is 2.45. The van der Waals surface area contributed by atoms with Crippen LogP contribution in [-0.2, 0) is 10.9 Å². The molecule has 1 aromatic carbocycles. The maximum Gasteiger partial charge on any atom is 0.416 e. The third-order valence-electron chi connectivity index (χ3n) is 3.15. The van der Waals surface area contributed by atoms with Crippen LogP contribution in [0, 0.1) is 0 Å². The van der Waals surface area contributed by atoms with E-state index < -0.39 is 11.7 Å². The Hall–Kier alpha value is -0.330. The summed E-state index contributed by atoms with van der Waals surface area (Å²) < 4.78 is 43.1. The van der Waals surface area contributed by atoms with E-state index in [2.05, 4.69) is 13.8 Å². The summed E-state index contributed by atoms with van der Waals surface area (Å²) in [6, 6.07) is 5.38. The molecule has 1 aliphatic heterocycles. The Morgan fingerprint density at radius 3 is 2.21 bits per heavy atom. The van der Waals surface area contributed by atoms with Gasteiger partial charge in [0.1, 0.15) is 0 Å². The quantitative estimate of drug-likeness (QED) is 0.717. The third-order valence-corrected chi connectivity index (χ3v) is 6.83. The van der Waals surface area contributed by atoms with Crippen molar-refractivity contribution in [1.29, 1.82) is 0 Å². The van der Waals surface area contributed by atoms with Crippen molar-refractivity contribution >= 4 is 21.6 Å². The molecule has 1 aliphatic rings. The number of halogens is 3. The van der Waals surface area contributed by atoms with Gasteiger partial charge in [-0.3, -0.25) is 0 Å². The monoisotopic (exact) mass is 308 g/mol. The van der Waals surface area contributed by atoms with Gasteiger partial charge in [0.15, 0.2) is 0 Å². The minimum absolute atomic E-state index is 0.0146. The van der Waals surface area contributed by atoms with E-state index in [-0.39, 0.29) is 16.1 Å². The Morgan fingerprint density at radius 2 is 1.74 bits per heavy atom. The normalized spacial score (nSPS) is 26.6. The molecule has 1 aromatic rings. The SMILES string of the molecule is COC1C(c2ccc(C(F)(F)F)cc2)SSC1(C)C. The van der Waals surface area contributed by atoms with Gasteiger partial charge in [-0.25, -0.2) is 0 Å². The molecule has 0 radical (unpaired) electrons. The molecule has 2 unspecified atom stereocenters. The molecule has 0 spiro atoms. The average molecular weight is 308 g/mol. The van der Waals surface area contributed by atoms with E-state index in [9.17, 15) is 13.2 Å². The van der Waals surface area contributed by atoms with Crippen molar-refractivity contribution in [3.8, 4) is 0 Å². The van der Waals surface area contributed by atoms with Crippen LogP contribution in [0.5, 0.6) is 0 Å². The number of benzene rings is 1. The molecule has 0 aliphatic carbocycles. The summed E-state index contributed by atoms with van der Waals surface area (Å²) in [7, 11) is 5.02. The first-order valence-electron chi connectivity index (χ1n) is 5.80. The van der Waals surface area contributed by atoms with Gasteiger partial charge >= 0.3 is 6.18 Å². The smallest absolute Gasteiger partial charge is 0.378 e. The lowest BCUT2D eigenvalue weighted by atomic mass is 9.97. The molecule has 0 aromatic heterocycles. The summed E-state index contributed by atoms with van der Waals surface area (Å²) in [6.07, 6.45) is -4.30. The van der Waals surface area contributed by atoms with Crippen molar-refractivity contribution < 1.29 is 17.9 Å². The van der Waals surface area contributed by atoms with Crippen LogP contribution in [-0.4, -0.2) is 18.0 Å². The molecule has 1 nitrogen and oxygen atoms in total. The summed E-state index contributed by atoms with van der Waals surface area (Å²) in [6.45, 7) is 4.17.